The summed E-state index contributed by atoms with van der Waals surface area (Å²) in [5.41, 5.74) is 4.44. The van der Waals surface area contributed by atoms with Gasteiger partial charge in [-0.15, -0.1) is 0 Å². The molecule has 0 aromatic heterocycles. The van der Waals surface area contributed by atoms with E-state index in [1.54, 1.807) is 66.7 Å². The van der Waals surface area contributed by atoms with Gasteiger partial charge in [-0.3, -0.25) is 9.59 Å². The van der Waals surface area contributed by atoms with Crippen molar-refractivity contribution in [3.63, 3.8) is 0 Å². The van der Waals surface area contributed by atoms with Gasteiger partial charge < -0.3 is 10.1 Å². The molecule has 0 aliphatic rings. The molecule has 8 heteroatoms. The zero-order valence-electron chi connectivity index (χ0n) is 16.5. The largest absolute Gasteiger partial charge is 0.422 e. The Balaban J connectivity index is 1.66. The van der Waals surface area contributed by atoms with Gasteiger partial charge in [0.2, 0.25) is 0 Å². The summed E-state index contributed by atoms with van der Waals surface area (Å²) in [6, 6.07) is 20.6. The molecule has 156 valence electrons. The van der Waals surface area contributed by atoms with Crippen molar-refractivity contribution >= 4 is 45.6 Å². The van der Waals surface area contributed by atoms with Crippen molar-refractivity contribution in [2.45, 2.75) is 6.92 Å². The first-order valence-electron chi connectivity index (χ1n) is 9.20. The molecule has 7 nitrogen and oxygen atoms in total. The molecule has 0 unspecified atom stereocenters. The van der Waals surface area contributed by atoms with Gasteiger partial charge in [0.15, 0.2) is 0 Å². The molecule has 0 aliphatic heterocycles. The number of carbonyl (C=O) groups excluding carboxylic acids is 3. The molecule has 0 saturated heterocycles. The number of nitrogens with one attached hydrogen (secondary N) is 2. The van der Waals surface area contributed by atoms with Crippen molar-refractivity contribution in [3.8, 4) is 5.75 Å². The molecular formula is C23H18BrN3O4. The SMILES string of the molecule is Cc1cccc(NC(=O)C(=O)N/N=C/c2cc(Br)ccc2OC(=O)c2ccccc2)c1. The average molecular weight is 480 g/mol. The lowest BCUT2D eigenvalue weighted by Gasteiger charge is -2.08. The first-order valence-corrected chi connectivity index (χ1v) is 9.99. The average Bonchev–Trinajstić information content (AvgIpc) is 2.76. The predicted molar refractivity (Wildman–Crippen MR) is 121 cm³/mol. The van der Waals surface area contributed by atoms with Gasteiger partial charge in [0.1, 0.15) is 5.75 Å². The van der Waals surface area contributed by atoms with E-state index in [1.165, 1.54) is 6.21 Å². The summed E-state index contributed by atoms with van der Waals surface area (Å²) < 4.78 is 6.16. The van der Waals surface area contributed by atoms with E-state index in [-0.39, 0.29) is 5.75 Å². The summed E-state index contributed by atoms with van der Waals surface area (Å²) in [5.74, 6) is -2.07. The summed E-state index contributed by atoms with van der Waals surface area (Å²) in [6.07, 6.45) is 1.29. The number of halogens is 1. The van der Waals surface area contributed by atoms with Crippen molar-refractivity contribution in [1.82, 2.24) is 5.43 Å². The fourth-order valence-corrected chi connectivity index (χ4v) is 2.95. The molecule has 0 radical (unpaired) electrons. The van der Waals surface area contributed by atoms with E-state index < -0.39 is 17.8 Å². The minimum Gasteiger partial charge on any atom is -0.422 e. The molecule has 0 atom stereocenters. The first kappa shape index (κ1) is 21.9. The van der Waals surface area contributed by atoms with Crippen LogP contribution in [-0.4, -0.2) is 24.0 Å². The van der Waals surface area contributed by atoms with E-state index in [2.05, 4.69) is 31.8 Å². The highest BCUT2D eigenvalue weighted by atomic mass is 79.9. The van der Waals surface area contributed by atoms with Crippen LogP contribution in [0.4, 0.5) is 5.69 Å². The molecule has 3 rings (SSSR count). The highest BCUT2D eigenvalue weighted by Gasteiger charge is 2.14. The Morgan fingerprint density at radius 1 is 0.935 bits per heavy atom. The Hall–Kier alpha value is -3.78. The molecule has 31 heavy (non-hydrogen) atoms. The molecule has 0 aliphatic carbocycles. The van der Waals surface area contributed by atoms with Gasteiger partial charge in [-0.05, 0) is 55.0 Å². The Bertz CT molecular complexity index is 1150. The number of aryl methyl sites for hydroxylation is 1. The second-order valence-electron chi connectivity index (χ2n) is 6.46. The maximum atomic E-state index is 12.3. The number of anilines is 1. The van der Waals surface area contributed by atoms with Crippen LogP contribution < -0.4 is 15.5 Å². The van der Waals surface area contributed by atoms with Crippen LogP contribution in [0.5, 0.6) is 5.75 Å². The molecule has 2 amide bonds. The van der Waals surface area contributed by atoms with Crippen molar-refractivity contribution in [3.05, 3.63) is 94.0 Å². The van der Waals surface area contributed by atoms with Gasteiger partial charge in [-0.1, -0.05) is 46.3 Å². The number of amides is 2. The van der Waals surface area contributed by atoms with E-state index in [1.807, 2.05) is 13.0 Å². The number of rotatable bonds is 5. The molecule has 0 spiro atoms. The second kappa shape index (κ2) is 10.3. The molecule has 3 aromatic carbocycles. The highest BCUT2D eigenvalue weighted by molar-refractivity contribution is 9.10. The summed E-state index contributed by atoms with van der Waals surface area (Å²) in [7, 11) is 0. The molecule has 0 bridgehead atoms. The fourth-order valence-electron chi connectivity index (χ4n) is 2.57. The van der Waals surface area contributed by atoms with Crippen LogP contribution in [0.3, 0.4) is 0 Å². The van der Waals surface area contributed by atoms with Crippen LogP contribution in [0.15, 0.2) is 82.4 Å². The van der Waals surface area contributed by atoms with Gasteiger partial charge in [-0.25, -0.2) is 10.2 Å². The molecule has 0 fully saturated rings. The Kier molecular flexibility index (Phi) is 7.29. The summed E-state index contributed by atoms with van der Waals surface area (Å²) >= 11 is 3.34. The molecule has 0 heterocycles. The number of esters is 1. The van der Waals surface area contributed by atoms with E-state index >= 15 is 0 Å². The standard InChI is InChI=1S/C23H18BrN3O4/c1-15-6-5-9-19(12-15)26-21(28)22(29)27-25-14-17-13-18(24)10-11-20(17)31-23(30)16-7-3-2-4-8-16/h2-14H,1H3,(H,26,28)(H,27,29)/b25-14+. The van der Waals surface area contributed by atoms with Crippen LogP contribution >= 0.6 is 15.9 Å². The van der Waals surface area contributed by atoms with Crippen molar-refractivity contribution < 1.29 is 19.1 Å². The fraction of sp³-hybridized carbons (Fsp3) is 0.0435. The number of carbonyl (C=O) groups is 3. The normalized spacial score (nSPS) is 10.5. The number of hydrogen-bond donors (Lipinski definition) is 2. The summed E-state index contributed by atoms with van der Waals surface area (Å²) in [5, 5.41) is 6.30. The molecule has 3 aromatic rings. The Labute approximate surface area is 187 Å². The Morgan fingerprint density at radius 3 is 2.45 bits per heavy atom. The minimum absolute atomic E-state index is 0.249. The van der Waals surface area contributed by atoms with Gasteiger partial charge in [0.05, 0.1) is 11.8 Å². The van der Waals surface area contributed by atoms with Crippen molar-refractivity contribution in [1.29, 1.82) is 0 Å². The molecule has 2 N–H and O–H groups in total. The van der Waals surface area contributed by atoms with Crippen molar-refractivity contribution in [2.24, 2.45) is 5.10 Å². The predicted octanol–water partition coefficient (Wildman–Crippen LogP) is 4.07. The third kappa shape index (κ3) is 6.35. The number of hydrazone groups is 1. The third-order valence-corrected chi connectivity index (χ3v) is 4.53. The summed E-state index contributed by atoms with van der Waals surface area (Å²) in [4.78, 5) is 36.3. The lowest BCUT2D eigenvalue weighted by atomic mass is 10.2. The maximum Gasteiger partial charge on any atom is 0.343 e. The van der Waals surface area contributed by atoms with E-state index in [0.29, 0.717) is 16.8 Å². The van der Waals surface area contributed by atoms with Gasteiger partial charge in [0.25, 0.3) is 0 Å². The smallest absolute Gasteiger partial charge is 0.343 e. The van der Waals surface area contributed by atoms with E-state index in [0.717, 1.165) is 10.0 Å². The third-order valence-electron chi connectivity index (χ3n) is 4.04. The number of hydrogen-bond acceptors (Lipinski definition) is 5. The van der Waals surface area contributed by atoms with Gasteiger partial charge in [0, 0.05) is 15.7 Å². The lowest BCUT2D eigenvalue weighted by molar-refractivity contribution is -0.136. The van der Waals surface area contributed by atoms with Crippen molar-refractivity contribution in [2.75, 3.05) is 5.32 Å². The topological polar surface area (TPSA) is 96.9 Å². The quantitative estimate of drug-likeness (QED) is 0.189. The van der Waals surface area contributed by atoms with E-state index in [9.17, 15) is 14.4 Å². The Morgan fingerprint density at radius 2 is 1.71 bits per heavy atom. The minimum atomic E-state index is -0.935. The lowest BCUT2D eigenvalue weighted by Crippen LogP contribution is -2.32. The first-order chi connectivity index (χ1) is 14.9. The van der Waals surface area contributed by atoms with Crippen LogP contribution in [0.25, 0.3) is 0 Å². The summed E-state index contributed by atoms with van der Waals surface area (Å²) in [6.45, 7) is 1.88. The second-order valence-corrected chi connectivity index (χ2v) is 7.38. The molecule has 0 saturated carbocycles. The highest BCUT2D eigenvalue weighted by Crippen LogP contribution is 2.23. The number of nitrogens with zero attached hydrogens (tertiary/aromatic N) is 1. The maximum absolute atomic E-state index is 12.3. The zero-order chi connectivity index (χ0) is 22.2. The molecular weight excluding hydrogens is 462 g/mol. The monoisotopic (exact) mass is 479 g/mol. The van der Waals surface area contributed by atoms with Crippen LogP contribution in [0, 0.1) is 6.92 Å². The van der Waals surface area contributed by atoms with Gasteiger partial charge in [-0.2, -0.15) is 5.10 Å². The van der Waals surface area contributed by atoms with Crippen LogP contribution in [-0.2, 0) is 9.59 Å². The van der Waals surface area contributed by atoms with Crippen LogP contribution in [0.1, 0.15) is 21.5 Å². The number of benzene rings is 3. The number of ether oxygens (including phenoxy) is 1. The van der Waals surface area contributed by atoms with Crippen LogP contribution in [0.2, 0.25) is 0 Å². The van der Waals surface area contributed by atoms with E-state index in [4.69, 9.17) is 4.74 Å². The van der Waals surface area contributed by atoms with Gasteiger partial charge >= 0.3 is 17.8 Å². The zero-order valence-corrected chi connectivity index (χ0v) is 18.0.